The Labute approximate surface area is 160 Å². The average Bonchev–Trinajstić information content (AvgIpc) is 2.52. The molecule has 0 amide bonds. The van der Waals surface area contributed by atoms with Crippen molar-refractivity contribution in [2.45, 2.75) is 134 Å². The van der Waals surface area contributed by atoms with Crippen molar-refractivity contribution >= 4 is 15.0 Å². The standard InChI is InChI=1S/C22H45BOSi/c1-18(2)25(19(3)4,20(5)6)24-17-9-7-8-16-23-21-12-10-13-22(23)15-11-14-21/h18-22H,7-17H2,1-6H3. The molecule has 0 aromatic carbocycles. The van der Waals surface area contributed by atoms with Gasteiger partial charge in [-0.25, -0.2) is 0 Å². The Morgan fingerprint density at radius 1 is 0.760 bits per heavy atom. The molecule has 0 saturated carbocycles. The van der Waals surface area contributed by atoms with Crippen LogP contribution in [-0.4, -0.2) is 21.6 Å². The Bertz CT molecular complexity index is 338. The van der Waals surface area contributed by atoms with E-state index in [9.17, 15) is 0 Å². The lowest BCUT2D eigenvalue weighted by atomic mass is 9.26. The molecule has 2 aliphatic heterocycles. The summed E-state index contributed by atoms with van der Waals surface area (Å²) < 4.78 is 6.72. The molecule has 3 heteroatoms. The van der Waals surface area contributed by atoms with Crippen LogP contribution in [0.3, 0.4) is 0 Å². The van der Waals surface area contributed by atoms with Crippen molar-refractivity contribution in [1.29, 1.82) is 0 Å². The van der Waals surface area contributed by atoms with E-state index in [1.807, 2.05) is 0 Å². The minimum atomic E-state index is -1.64. The van der Waals surface area contributed by atoms with Crippen LogP contribution in [0, 0.1) is 0 Å². The van der Waals surface area contributed by atoms with Crippen molar-refractivity contribution in [3.8, 4) is 0 Å². The van der Waals surface area contributed by atoms with Crippen LogP contribution in [0.2, 0.25) is 34.6 Å². The summed E-state index contributed by atoms with van der Waals surface area (Å²) in [4.78, 5) is 0. The molecule has 0 radical (unpaired) electrons. The first-order valence-electron chi connectivity index (χ1n) is 11.5. The van der Waals surface area contributed by atoms with Crippen molar-refractivity contribution in [1.82, 2.24) is 0 Å². The summed E-state index contributed by atoms with van der Waals surface area (Å²) in [7, 11) is -1.64. The zero-order valence-electron chi connectivity index (χ0n) is 18.2. The average molecular weight is 364 g/mol. The molecular weight excluding hydrogens is 319 g/mol. The Balaban J connectivity index is 1.70. The molecule has 25 heavy (non-hydrogen) atoms. The van der Waals surface area contributed by atoms with E-state index in [0.29, 0.717) is 16.6 Å². The van der Waals surface area contributed by atoms with Gasteiger partial charge in [0.1, 0.15) is 6.71 Å². The van der Waals surface area contributed by atoms with Gasteiger partial charge in [0, 0.05) is 6.61 Å². The molecule has 0 N–H and O–H groups in total. The van der Waals surface area contributed by atoms with E-state index in [1.54, 1.807) is 0 Å². The largest absolute Gasteiger partial charge is 0.416 e. The van der Waals surface area contributed by atoms with E-state index in [4.69, 9.17) is 4.43 Å². The van der Waals surface area contributed by atoms with Crippen LogP contribution in [0.25, 0.3) is 0 Å². The molecule has 0 aromatic rings. The Morgan fingerprint density at radius 2 is 1.24 bits per heavy atom. The van der Waals surface area contributed by atoms with Gasteiger partial charge in [0.05, 0.1) is 0 Å². The fourth-order valence-corrected chi connectivity index (χ4v) is 12.2. The zero-order chi connectivity index (χ0) is 18.4. The maximum atomic E-state index is 6.72. The van der Waals surface area contributed by atoms with Gasteiger partial charge in [0.15, 0.2) is 8.32 Å². The fourth-order valence-electron chi connectivity index (χ4n) is 6.69. The Kier molecular flexibility index (Phi) is 8.59. The third kappa shape index (κ3) is 5.15. The number of hydrogen-bond acceptors (Lipinski definition) is 1. The zero-order valence-corrected chi connectivity index (χ0v) is 19.2. The van der Waals surface area contributed by atoms with Gasteiger partial charge in [0.25, 0.3) is 0 Å². The number of unbranched alkanes of at least 4 members (excludes halogenated alkanes) is 2. The van der Waals surface area contributed by atoms with Crippen molar-refractivity contribution < 1.29 is 4.43 Å². The van der Waals surface area contributed by atoms with Crippen molar-refractivity contribution in [3.05, 3.63) is 0 Å². The minimum absolute atomic E-state index is 0.717. The highest BCUT2D eigenvalue weighted by atomic mass is 28.4. The van der Waals surface area contributed by atoms with E-state index in [1.165, 1.54) is 64.1 Å². The first-order chi connectivity index (χ1) is 11.9. The molecule has 0 aliphatic carbocycles. The molecular formula is C22H45BOSi. The van der Waals surface area contributed by atoms with Crippen LogP contribution < -0.4 is 0 Å². The summed E-state index contributed by atoms with van der Waals surface area (Å²) in [6, 6.07) is 0. The first kappa shape index (κ1) is 21.5. The number of fused-ring (bicyclic) bond motifs is 2. The predicted molar refractivity (Wildman–Crippen MR) is 117 cm³/mol. The molecule has 2 fully saturated rings. The SMILES string of the molecule is CC(C)[Si](OCCCCCB1C2CCCC1CCC2)(C(C)C)C(C)C. The van der Waals surface area contributed by atoms with Gasteiger partial charge in [-0.15, -0.1) is 0 Å². The number of rotatable bonds is 10. The highest BCUT2D eigenvalue weighted by Crippen LogP contribution is 2.48. The van der Waals surface area contributed by atoms with Crippen LogP contribution in [0.15, 0.2) is 0 Å². The molecule has 0 atom stereocenters. The maximum absolute atomic E-state index is 6.72. The van der Waals surface area contributed by atoms with Crippen LogP contribution in [0.5, 0.6) is 0 Å². The summed E-state index contributed by atoms with van der Waals surface area (Å²) in [5.74, 6) is 2.18. The molecule has 1 nitrogen and oxygen atoms in total. The molecule has 2 heterocycles. The maximum Gasteiger partial charge on any atom is 0.200 e. The van der Waals surface area contributed by atoms with E-state index < -0.39 is 8.32 Å². The number of hydrogen-bond donors (Lipinski definition) is 0. The van der Waals surface area contributed by atoms with Crippen LogP contribution >= 0.6 is 0 Å². The molecule has 146 valence electrons. The molecule has 0 spiro atoms. The first-order valence-corrected chi connectivity index (χ1v) is 13.7. The van der Waals surface area contributed by atoms with Crippen LogP contribution in [0.1, 0.15) is 99.3 Å². The third-order valence-electron chi connectivity index (χ3n) is 7.75. The predicted octanol–water partition coefficient (Wildman–Crippen LogP) is 7.95. The van der Waals surface area contributed by atoms with Gasteiger partial charge < -0.3 is 4.43 Å². The third-order valence-corrected chi connectivity index (χ3v) is 13.9. The second-order valence-electron chi connectivity index (χ2n) is 10.1. The Morgan fingerprint density at radius 3 is 1.68 bits per heavy atom. The summed E-state index contributed by atoms with van der Waals surface area (Å²) in [5.41, 5.74) is 2.15. The van der Waals surface area contributed by atoms with Gasteiger partial charge in [-0.1, -0.05) is 111 Å². The quantitative estimate of drug-likeness (QED) is 0.282. The molecule has 0 unspecified atom stereocenters. The second-order valence-corrected chi connectivity index (χ2v) is 15.5. The van der Waals surface area contributed by atoms with Crippen molar-refractivity contribution in [3.63, 3.8) is 0 Å². The minimum Gasteiger partial charge on any atom is -0.416 e. The summed E-state index contributed by atoms with van der Waals surface area (Å²) in [5, 5.41) is 0. The van der Waals surface area contributed by atoms with Crippen LogP contribution in [0.4, 0.5) is 0 Å². The molecule has 2 aliphatic rings. The van der Waals surface area contributed by atoms with Crippen molar-refractivity contribution in [2.75, 3.05) is 6.61 Å². The normalized spacial score (nSPS) is 24.6. The van der Waals surface area contributed by atoms with E-state index in [2.05, 4.69) is 41.5 Å². The van der Waals surface area contributed by atoms with Gasteiger partial charge in [-0.05, 0) is 23.0 Å². The van der Waals surface area contributed by atoms with Gasteiger partial charge >= 0.3 is 0 Å². The topological polar surface area (TPSA) is 9.23 Å². The van der Waals surface area contributed by atoms with E-state index >= 15 is 0 Å². The highest BCUT2D eigenvalue weighted by Gasteiger charge is 2.44. The summed E-state index contributed by atoms with van der Waals surface area (Å²) >= 11 is 0. The molecule has 2 saturated heterocycles. The lowest BCUT2D eigenvalue weighted by Gasteiger charge is -2.42. The van der Waals surface area contributed by atoms with Gasteiger partial charge in [-0.3, -0.25) is 0 Å². The Hall–Kier alpha value is 0.242. The highest BCUT2D eigenvalue weighted by molar-refractivity contribution is 6.77. The fraction of sp³-hybridized carbons (Fsp3) is 1.00. The monoisotopic (exact) mass is 364 g/mol. The molecule has 0 aromatic heterocycles. The summed E-state index contributed by atoms with van der Waals surface area (Å²) in [6.07, 6.45) is 14.8. The van der Waals surface area contributed by atoms with Gasteiger partial charge in [0.2, 0.25) is 0 Å². The van der Waals surface area contributed by atoms with Gasteiger partial charge in [-0.2, -0.15) is 0 Å². The second kappa shape index (κ2) is 9.97. The molecule has 2 rings (SSSR count). The summed E-state index contributed by atoms with van der Waals surface area (Å²) in [6.45, 7) is 16.5. The smallest absolute Gasteiger partial charge is 0.200 e. The molecule has 2 bridgehead atoms. The van der Waals surface area contributed by atoms with Crippen LogP contribution in [-0.2, 0) is 4.43 Å². The lowest BCUT2D eigenvalue weighted by molar-refractivity contribution is 0.268. The van der Waals surface area contributed by atoms with E-state index in [0.717, 1.165) is 25.0 Å². The van der Waals surface area contributed by atoms with E-state index in [-0.39, 0.29) is 0 Å². The van der Waals surface area contributed by atoms with Crippen molar-refractivity contribution in [2.24, 2.45) is 0 Å². The lowest BCUT2D eigenvalue weighted by Crippen LogP contribution is -2.47.